The lowest BCUT2D eigenvalue weighted by Crippen LogP contribution is -2.32. The highest BCUT2D eigenvalue weighted by atomic mass is 16.5. The molecule has 0 saturated carbocycles. The summed E-state index contributed by atoms with van der Waals surface area (Å²) in [6.07, 6.45) is 4.07. The molecule has 0 spiro atoms. The first-order valence-electron chi connectivity index (χ1n) is 12.0. The summed E-state index contributed by atoms with van der Waals surface area (Å²) in [5.41, 5.74) is 4.74. The summed E-state index contributed by atoms with van der Waals surface area (Å²) in [6.45, 7) is 4.48. The van der Waals surface area contributed by atoms with E-state index in [0.717, 1.165) is 41.7 Å². The van der Waals surface area contributed by atoms with Crippen LogP contribution in [-0.2, 0) is 4.79 Å². The Kier molecular flexibility index (Phi) is 6.35. The van der Waals surface area contributed by atoms with E-state index in [-0.39, 0.29) is 12.5 Å². The van der Waals surface area contributed by atoms with Crippen LogP contribution >= 0.6 is 0 Å². The quantitative estimate of drug-likeness (QED) is 0.599. The molecule has 35 heavy (non-hydrogen) atoms. The first-order valence-corrected chi connectivity index (χ1v) is 12.0. The molecule has 1 saturated heterocycles. The van der Waals surface area contributed by atoms with Gasteiger partial charge in [-0.25, -0.2) is 9.97 Å². The van der Waals surface area contributed by atoms with Gasteiger partial charge in [-0.15, -0.1) is 0 Å². The van der Waals surface area contributed by atoms with Crippen molar-refractivity contribution in [1.82, 2.24) is 9.97 Å². The maximum Gasteiger partial charge on any atom is 0.248 e. The molecule has 2 aliphatic rings. The third kappa shape index (κ3) is 4.69. The number of nitrogens with zero attached hydrogens (tertiary/aromatic N) is 5. The highest BCUT2D eigenvalue weighted by molar-refractivity contribution is 6.18. The number of carbonyl (C=O) groups is 1. The molecule has 1 amide bonds. The number of anilines is 4. The topological polar surface area (TPSA) is 83.0 Å². The van der Waals surface area contributed by atoms with Gasteiger partial charge in [-0.3, -0.25) is 9.79 Å². The van der Waals surface area contributed by atoms with Crippen molar-refractivity contribution in [3.63, 3.8) is 0 Å². The number of rotatable bonds is 5. The molecule has 8 nitrogen and oxygen atoms in total. The second-order valence-corrected chi connectivity index (χ2v) is 9.09. The van der Waals surface area contributed by atoms with Crippen LogP contribution in [0.15, 0.2) is 59.7 Å². The zero-order valence-corrected chi connectivity index (χ0v) is 20.4. The summed E-state index contributed by atoms with van der Waals surface area (Å²) in [4.78, 5) is 30.4. The first kappa shape index (κ1) is 22.8. The zero-order chi connectivity index (χ0) is 24.4. The minimum Gasteiger partial charge on any atom is -0.494 e. The Morgan fingerprint density at radius 3 is 2.60 bits per heavy atom. The second kappa shape index (κ2) is 9.74. The van der Waals surface area contributed by atoms with Crippen molar-refractivity contribution in [3.8, 4) is 5.75 Å². The first-order chi connectivity index (χ1) is 17.0. The van der Waals surface area contributed by atoms with Crippen LogP contribution in [0.5, 0.6) is 5.75 Å². The Bertz CT molecular complexity index is 1250. The van der Waals surface area contributed by atoms with Gasteiger partial charge >= 0.3 is 0 Å². The van der Waals surface area contributed by atoms with E-state index in [1.807, 2.05) is 36.4 Å². The largest absolute Gasteiger partial charge is 0.494 e. The number of piperidine rings is 1. The molecule has 1 aromatic heterocycles. The molecular weight excluding hydrogens is 440 g/mol. The summed E-state index contributed by atoms with van der Waals surface area (Å²) in [5, 5.41) is 3.31. The molecule has 0 unspecified atom stereocenters. The number of carbonyl (C=O) groups excluding carboxylic acids is 1. The second-order valence-electron chi connectivity index (χ2n) is 9.09. The van der Waals surface area contributed by atoms with Gasteiger partial charge in [0.1, 0.15) is 18.0 Å². The van der Waals surface area contributed by atoms with Gasteiger partial charge in [0.2, 0.25) is 11.9 Å². The molecule has 2 aliphatic heterocycles. The number of hydrogen-bond donors (Lipinski definition) is 1. The molecule has 3 aromatic rings. The normalized spacial score (nSPS) is 16.4. The molecule has 8 heteroatoms. The molecule has 0 atom stereocenters. The van der Waals surface area contributed by atoms with Crippen LogP contribution in [0, 0.1) is 5.92 Å². The fourth-order valence-electron chi connectivity index (χ4n) is 4.51. The Balaban J connectivity index is 1.47. The van der Waals surface area contributed by atoms with Crippen LogP contribution in [0.1, 0.15) is 31.0 Å². The molecule has 3 heterocycles. The van der Waals surface area contributed by atoms with E-state index in [1.54, 1.807) is 25.3 Å². The predicted octanol–water partition coefficient (Wildman–Crippen LogP) is 4.28. The number of fused-ring (bicyclic) bond motifs is 1. The van der Waals surface area contributed by atoms with Crippen molar-refractivity contribution in [2.24, 2.45) is 10.9 Å². The summed E-state index contributed by atoms with van der Waals surface area (Å²) in [7, 11) is 3.39. The third-order valence-corrected chi connectivity index (χ3v) is 6.73. The van der Waals surface area contributed by atoms with Gasteiger partial charge in [0, 0.05) is 37.5 Å². The lowest BCUT2D eigenvalue weighted by molar-refractivity contribution is -0.116. The molecular formula is C27H30N6O2. The Morgan fingerprint density at radius 2 is 1.86 bits per heavy atom. The molecule has 2 aromatic carbocycles. The Morgan fingerprint density at radius 1 is 1.09 bits per heavy atom. The molecule has 0 aliphatic carbocycles. The maximum absolute atomic E-state index is 12.5. The van der Waals surface area contributed by atoms with Crippen molar-refractivity contribution in [1.29, 1.82) is 0 Å². The SMILES string of the molecule is COc1cc(N2CCC(C)CC2)ccc1Nc1ncc2c(n1)C(c1ccccc1)=NCC(=O)N2C. The number of aromatic nitrogens is 2. The number of likely N-dealkylation sites (N-methyl/N-ethyl adjacent to an activating group) is 1. The van der Waals surface area contributed by atoms with Crippen LogP contribution < -0.4 is 19.9 Å². The number of ether oxygens (including phenoxy) is 1. The number of methoxy groups -OCH3 is 1. The van der Waals surface area contributed by atoms with E-state index in [0.29, 0.717) is 23.0 Å². The summed E-state index contributed by atoms with van der Waals surface area (Å²) in [5.74, 6) is 1.81. The fourth-order valence-corrected chi connectivity index (χ4v) is 4.51. The van der Waals surface area contributed by atoms with Gasteiger partial charge < -0.3 is 19.9 Å². The van der Waals surface area contributed by atoms with Gasteiger partial charge in [0.15, 0.2) is 0 Å². The molecule has 180 valence electrons. The van der Waals surface area contributed by atoms with Crippen LogP contribution in [0.2, 0.25) is 0 Å². The van der Waals surface area contributed by atoms with E-state index in [2.05, 4.69) is 39.2 Å². The van der Waals surface area contributed by atoms with Gasteiger partial charge in [0.25, 0.3) is 0 Å². The number of benzene rings is 2. The van der Waals surface area contributed by atoms with Crippen molar-refractivity contribution in [2.75, 3.05) is 48.9 Å². The van der Waals surface area contributed by atoms with Gasteiger partial charge in [-0.2, -0.15) is 0 Å². The van der Waals surface area contributed by atoms with Crippen LogP contribution in [0.3, 0.4) is 0 Å². The monoisotopic (exact) mass is 470 g/mol. The lowest BCUT2D eigenvalue weighted by atomic mass is 9.99. The van der Waals surface area contributed by atoms with E-state index >= 15 is 0 Å². The molecule has 0 radical (unpaired) electrons. The number of nitrogens with one attached hydrogen (secondary N) is 1. The van der Waals surface area contributed by atoms with E-state index < -0.39 is 0 Å². The number of amides is 1. The van der Waals surface area contributed by atoms with E-state index in [1.165, 1.54) is 12.8 Å². The standard InChI is InChI=1S/C27H30N6O2/c1-18-11-13-33(14-12-18)20-9-10-21(23(15-20)35-3)30-27-29-16-22-26(31-27)25(19-7-5-4-6-8-19)28-17-24(34)32(22)2/h4-10,15-16,18H,11-14,17H2,1-3H3,(H,29,30,31). The highest BCUT2D eigenvalue weighted by Crippen LogP contribution is 2.34. The average Bonchev–Trinajstić information content (AvgIpc) is 3.01. The van der Waals surface area contributed by atoms with Crippen molar-refractivity contribution in [3.05, 3.63) is 66.0 Å². The summed E-state index contributed by atoms with van der Waals surface area (Å²) < 4.78 is 5.70. The van der Waals surface area contributed by atoms with E-state index in [9.17, 15) is 4.79 Å². The predicted molar refractivity (Wildman–Crippen MR) is 139 cm³/mol. The minimum atomic E-state index is -0.106. The van der Waals surface area contributed by atoms with Crippen molar-refractivity contribution >= 4 is 34.6 Å². The Labute approximate surface area is 205 Å². The average molecular weight is 471 g/mol. The molecule has 5 rings (SSSR count). The fraction of sp³-hybridized carbons (Fsp3) is 0.333. The van der Waals surface area contributed by atoms with Gasteiger partial charge in [-0.05, 0) is 30.9 Å². The van der Waals surface area contributed by atoms with E-state index in [4.69, 9.17) is 9.72 Å². The zero-order valence-electron chi connectivity index (χ0n) is 20.4. The van der Waals surface area contributed by atoms with Crippen molar-refractivity contribution in [2.45, 2.75) is 19.8 Å². The third-order valence-electron chi connectivity index (χ3n) is 6.73. The molecule has 0 bridgehead atoms. The van der Waals surface area contributed by atoms with Crippen LogP contribution in [0.4, 0.5) is 23.0 Å². The minimum absolute atomic E-state index is 0.0599. The number of aliphatic imine (C=N–C) groups is 1. The van der Waals surface area contributed by atoms with Gasteiger partial charge in [-0.1, -0.05) is 37.3 Å². The van der Waals surface area contributed by atoms with Crippen LogP contribution in [-0.4, -0.2) is 55.4 Å². The lowest BCUT2D eigenvalue weighted by Gasteiger charge is -2.32. The highest BCUT2D eigenvalue weighted by Gasteiger charge is 2.25. The van der Waals surface area contributed by atoms with Gasteiger partial charge in [0.05, 0.1) is 30.4 Å². The molecule has 1 N–H and O–H groups in total. The van der Waals surface area contributed by atoms with Crippen molar-refractivity contribution < 1.29 is 9.53 Å². The maximum atomic E-state index is 12.5. The van der Waals surface area contributed by atoms with Crippen LogP contribution in [0.25, 0.3) is 0 Å². The summed E-state index contributed by atoms with van der Waals surface area (Å²) >= 11 is 0. The summed E-state index contributed by atoms with van der Waals surface area (Å²) in [6, 6.07) is 16.0. The smallest absolute Gasteiger partial charge is 0.248 e. The molecule has 1 fully saturated rings. The number of hydrogen-bond acceptors (Lipinski definition) is 7. The Hall–Kier alpha value is -3.94.